The molecule has 0 atom stereocenters. The quantitative estimate of drug-likeness (QED) is 0.0903. The maximum Gasteiger partial charge on any atom is 0.416 e. The Morgan fingerprint density at radius 2 is 0.742 bits per heavy atom. The van der Waals surface area contributed by atoms with Gasteiger partial charge in [0.25, 0.3) is 23.6 Å². The SMILES string of the molecule is O=C(NCc1ccccc1C(F)(F)F)c1ccnc(C(=O)NCc2ccccc2C(F)(F)F)c1.O=C(NCc1ccccc1Cl)c1ccnc(C(=O)NCc2ccccc2Cl)c1. The topological polar surface area (TPSA) is 142 Å². The highest BCUT2D eigenvalue weighted by Crippen LogP contribution is 2.33. The third-order valence-electron chi connectivity index (χ3n) is 8.83. The molecule has 0 saturated carbocycles. The Morgan fingerprint density at radius 1 is 0.435 bits per heavy atom. The number of rotatable bonds is 12. The molecule has 0 unspecified atom stereocenters. The normalized spacial score (nSPS) is 11.1. The molecular weight excluding hydrogens is 861 g/mol. The van der Waals surface area contributed by atoms with Crippen LogP contribution in [-0.2, 0) is 38.5 Å². The Balaban J connectivity index is 0.000000238. The molecule has 62 heavy (non-hydrogen) atoms. The van der Waals surface area contributed by atoms with Crippen LogP contribution in [0.2, 0.25) is 10.0 Å². The number of alkyl halides is 6. The smallest absolute Gasteiger partial charge is 0.348 e. The van der Waals surface area contributed by atoms with E-state index in [1.54, 1.807) is 18.2 Å². The molecule has 10 nitrogen and oxygen atoms in total. The van der Waals surface area contributed by atoms with Gasteiger partial charge in [-0.2, -0.15) is 26.3 Å². The number of carbonyl (C=O) groups is 4. The van der Waals surface area contributed by atoms with Crippen LogP contribution in [-0.4, -0.2) is 33.6 Å². The number of hydrogen-bond donors (Lipinski definition) is 4. The number of pyridine rings is 2. The minimum atomic E-state index is -4.59. The number of aromatic nitrogens is 2. The van der Waals surface area contributed by atoms with Crippen LogP contribution in [0.15, 0.2) is 134 Å². The Kier molecular flexibility index (Phi) is 15.8. The first-order valence-corrected chi connectivity index (χ1v) is 19.1. The number of benzene rings is 4. The summed E-state index contributed by atoms with van der Waals surface area (Å²) in [6.45, 7) is -0.286. The molecule has 6 rings (SSSR count). The summed E-state index contributed by atoms with van der Waals surface area (Å²) in [7, 11) is 0. The molecular formula is C44H34Cl2F6N6O4. The maximum absolute atomic E-state index is 13.1. The average molecular weight is 896 g/mol. The molecule has 2 heterocycles. The number of hydrogen-bond acceptors (Lipinski definition) is 6. The van der Waals surface area contributed by atoms with Crippen molar-refractivity contribution in [2.75, 3.05) is 0 Å². The van der Waals surface area contributed by atoms with Gasteiger partial charge in [0.2, 0.25) is 0 Å². The van der Waals surface area contributed by atoms with Crippen molar-refractivity contribution in [2.24, 2.45) is 0 Å². The van der Waals surface area contributed by atoms with Crippen molar-refractivity contribution in [1.82, 2.24) is 31.2 Å². The fraction of sp³-hybridized carbons (Fsp3) is 0.136. The van der Waals surface area contributed by atoms with Crippen LogP contribution in [0.25, 0.3) is 0 Å². The van der Waals surface area contributed by atoms with Crippen LogP contribution < -0.4 is 21.3 Å². The van der Waals surface area contributed by atoms with Gasteiger partial charge in [-0.15, -0.1) is 0 Å². The Labute approximate surface area is 360 Å². The summed E-state index contributed by atoms with van der Waals surface area (Å²) in [5.41, 5.74) is -0.273. The fourth-order valence-corrected chi connectivity index (χ4v) is 6.07. The van der Waals surface area contributed by atoms with E-state index in [0.29, 0.717) is 15.6 Å². The number of halogens is 8. The monoisotopic (exact) mass is 894 g/mol. The first kappa shape index (κ1) is 46.3. The second-order valence-corrected chi connectivity index (χ2v) is 13.9. The summed E-state index contributed by atoms with van der Waals surface area (Å²) in [6, 6.07) is 29.4. The third-order valence-corrected chi connectivity index (χ3v) is 9.57. The van der Waals surface area contributed by atoms with Crippen molar-refractivity contribution in [3.63, 3.8) is 0 Å². The van der Waals surface area contributed by atoms with Gasteiger partial charge < -0.3 is 21.3 Å². The van der Waals surface area contributed by atoms with Crippen molar-refractivity contribution < 1.29 is 45.5 Å². The van der Waals surface area contributed by atoms with Crippen LogP contribution in [0.5, 0.6) is 0 Å². The Hall–Kier alpha value is -6.78. The summed E-state index contributed by atoms with van der Waals surface area (Å²) in [5.74, 6) is -2.28. The van der Waals surface area contributed by atoms with Crippen LogP contribution >= 0.6 is 23.2 Å². The molecule has 0 fully saturated rings. The first-order valence-electron chi connectivity index (χ1n) is 18.3. The van der Waals surface area contributed by atoms with Gasteiger partial charge in [0.05, 0.1) is 11.1 Å². The zero-order valence-electron chi connectivity index (χ0n) is 32.1. The van der Waals surface area contributed by atoms with E-state index in [-0.39, 0.29) is 53.0 Å². The zero-order chi connectivity index (χ0) is 44.9. The molecule has 18 heteroatoms. The van der Waals surface area contributed by atoms with Crippen molar-refractivity contribution in [3.05, 3.63) is 200 Å². The van der Waals surface area contributed by atoms with E-state index in [1.165, 1.54) is 54.7 Å². The lowest BCUT2D eigenvalue weighted by atomic mass is 10.1. The van der Waals surface area contributed by atoms with Gasteiger partial charge in [-0.25, -0.2) is 0 Å². The van der Waals surface area contributed by atoms with Gasteiger partial charge in [0, 0.05) is 59.7 Å². The highest BCUT2D eigenvalue weighted by molar-refractivity contribution is 6.31. The molecule has 0 aliphatic rings. The summed E-state index contributed by atoms with van der Waals surface area (Å²) in [5, 5.41) is 11.4. The number of nitrogens with one attached hydrogen (secondary N) is 4. The van der Waals surface area contributed by atoms with E-state index in [9.17, 15) is 45.5 Å². The summed E-state index contributed by atoms with van der Waals surface area (Å²) >= 11 is 12.2. The minimum absolute atomic E-state index is 0.0552. The molecule has 2 aromatic heterocycles. The van der Waals surface area contributed by atoms with E-state index in [0.717, 1.165) is 35.5 Å². The second kappa shape index (κ2) is 21.1. The van der Waals surface area contributed by atoms with Crippen molar-refractivity contribution in [3.8, 4) is 0 Å². The minimum Gasteiger partial charge on any atom is -0.348 e. The molecule has 6 aromatic rings. The maximum atomic E-state index is 13.1. The van der Waals surface area contributed by atoms with Gasteiger partial charge in [0.15, 0.2) is 0 Å². The number of carbonyl (C=O) groups excluding carboxylic acids is 4. The summed E-state index contributed by atoms with van der Waals surface area (Å²) in [4.78, 5) is 57.4. The van der Waals surface area contributed by atoms with Crippen molar-refractivity contribution in [2.45, 2.75) is 38.5 Å². The lowest BCUT2D eigenvalue weighted by molar-refractivity contribution is -0.139. The predicted molar refractivity (Wildman–Crippen MR) is 219 cm³/mol. The van der Waals surface area contributed by atoms with Crippen LogP contribution in [0.1, 0.15) is 75.1 Å². The van der Waals surface area contributed by atoms with E-state index in [4.69, 9.17) is 23.2 Å². The summed E-state index contributed by atoms with van der Waals surface area (Å²) < 4.78 is 78.6. The van der Waals surface area contributed by atoms with Crippen LogP contribution in [0.3, 0.4) is 0 Å². The lowest BCUT2D eigenvalue weighted by Gasteiger charge is -2.14. The molecule has 0 spiro atoms. The predicted octanol–water partition coefficient (Wildman–Crippen LogP) is 9.23. The molecule has 4 amide bonds. The fourth-order valence-electron chi connectivity index (χ4n) is 5.66. The zero-order valence-corrected chi connectivity index (χ0v) is 33.6. The van der Waals surface area contributed by atoms with Crippen molar-refractivity contribution in [1.29, 1.82) is 0 Å². The van der Waals surface area contributed by atoms with Gasteiger partial charge in [-0.1, -0.05) is 96.0 Å². The molecule has 0 aliphatic carbocycles. The highest BCUT2D eigenvalue weighted by atomic mass is 35.5. The Bertz CT molecular complexity index is 2390. The molecule has 0 bridgehead atoms. The van der Waals surface area contributed by atoms with E-state index < -0.39 is 48.4 Å². The van der Waals surface area contributed by atoms with E-state index >= 15 is 0 Å². The van der Waals surface area contributed by atoms with E-state index in [2.05, 4.69) is 31.2 Å². The number of amides is 4. The van der Waals surface area contributed by atoms with Gasteiger partial charge >= 0.3 is 12.4 Å². The first-order chi connectivity index (χ1) is 29.5. The Morgan fingerprint density at radius 3 is 1.10 bits per heavy atom. The molecule has 4 N–H and O–H groups in total. The van der Waals surface area contributed by atoms with Crippen LogP contribution in [0, 0.1) is 0 Å². The van der Waals surface area contributed by atoms with Crippen LogP contribution in [0.4, 0.5) is 26.3 Å². The highest BCUT2D eigenvalue weighted by Gasteiger charge is 2.34. The molecule has 320 valence electrons. The average Bonchev–Trinajstić information content (AvgIpc) is 3.26. The second-order valence-electron chi connectivity index (χ2n) is 13.1. The molecule has 4 aromatic carbocycles. The van der Waals surface area contributed by atoms with Gasteiger partial charge in [0.1, 0.15) is 11.4 Å². The van der Waals surface area contributed by atoms with Gasteiger partial charge in [-0.05, 0) is 70.8 Å². The largest absolute Gasteiger partial charge is 0.416 e. The third kappa shape index (κ3) is 13.1. The number of nitrogens with zero attached hydrogens (tertiary/aromatic N) is 2. The molecule has 0 saturated heterocycles. The van der Waals surface area contributed by atoms with Crippen molar-refractivity contribution >= 4 is 46.8 Å². The van der Waals surface area contributed by atoms with Gasteiger partial charge in [-0.3, -0.25) is 29.1 Å². The lowest BCUT2D eigenvalue weighted by Crippen LogP contribution is -2.27. The van der Waals surface area contributed by atoms with E-state index in [1.807, 2.05) is 36.4 Å². The summed E-state index contributed by atoms with van der Waals surface area (Å²) in [6.07, 6.45) is -6.62. The standard InChI is InChI=1S/C23H17F6N3O2.C21H17Cl2N3O2/c24-22(25,26)17-7-3-1-5-15(17)12-31-20(33)14-9-10-30-19(11-14)21(34)32-13-16-6-2-4-8-18(16)23(27,28)29;22-17-7-3-1-5-15(17)12-25-20(27)14-9-10-24-19(11-14)21(28)26-13-16-6-2-4-8-18(16)23/h1-11H,12-13H2,(H,31,33)(H,32,34);1-11H,12-13H2,(H,25,27)(H,26,28). The molecule has 0 aliphatic heterocycles. The molecule has 0 radical (unpaired) electrons.